The minimum absolute atomic E-state index is 0.250. The molecule has 0 spiro atoms. The lowest BCUT2D eigenvalue weighted by Crippen LogP contribution is -1.94. The topological polar surface area (TPSA) is 81.3 Å². The average molecular weight is 143 g/mol. The van der Waals surface area contributed by atoms with Gasteiger partial charge < -0.3 is 10.2 Å². The molecule has 0 heterocycles. The van der Waals surface area contributed by atoms with Gasteiger partial charge in [0, 0.05) is 6.61 Å². The van der Waals surface area contributed by atoms with E-state index in [-0.39, 0.29) is 6.61 Å². The molecule has 0 radical (unpaired) electrons. The van der Waals surface area contributed by atoms with Gasteiger partial charge in [-0.15, -0.1) is 0 Å². The first-order chi connectivity index (χ1) is 4.59. The number of aliphatic carboxylic acids is 1. The third-order valence-corrected chi connectivity index (χ3v) is 0.393. The van der Waals surface area contributed by atoms with Gasteiger partial charge in [0.15, 0.2) is 0 Å². The van der Waals surface area contributed by atoms with Crippen molar-refractivity contribution in [3.05, 3.63) is 12.2 Å². The molecule has 0 atom stereocenters. The second-order valence-electron chi connectivity index (χ2n) is 1.21. The van der Waals surface area contributed by atoms with E-state index < -0.39 is 11.5 Å². The number of nitriles is 1. The van der Waals surface area contributed by atoms with E-state index in [9.17, 15) is 4.79 Å². The first-order valence-electron chi connectivity index (χ1n) is 2.53. The lowest BCUT2D eigenvalue weighted by molar-refractivity contribution is -0.132. The molecule has 2 N–H and O–H groups in total. The fraction of sp³-hybridized carbons (Fsp3) is 0.333. The zero-order valence-corrected chi connectivity index (χ0v) is 5.66. The smallest absolute Gasteiger partial charge is 0.345 e. The Morgan fingerprint density at radius 1 is 1.80 bits per heavy atom. The molecular weight excluding hydrogens is 134 g/mol. The van der Waals surface area contributed by atoms with Crippen LogP contribution in [0.3, 0.4) is 0 Å². The summed E-state index contributed by atoms with van der Waals surface area (Å²) in [5, 5.41) is 23.2. The highest BCUT2D eigenvalue weighted by molar-refractivity contribution is 5.90. The number of hydrogen-bond acceptors (Lipinski definition) is 3. The van der Waals surface area contributed by atoms with Gasteiger partial charge in [0.25, 0.3) is 0 Å². The Kier molecular flexibility index (Phi) is 8.78. The first kappa shape index (κ1) is 11.5. The normalized spacial score (nSPS) is 6.50. The standard InChI is InChI=1S/C4H3NO2.C2H6O/c1-3(2-5)4(6)7;1-2-3/h1H2,(H,6,7);3H,2H2,1H3. The molecule has 0 fully saturated rings. The number of carboxylic acids is 1. The quantitative estimate of drug-likeness (QED) is 0.404. The van der Waals surface area contributed by atoms with Crippen LogP contribution in [0.4, 0.5) is 0 Å². The summed E-state index contributed by atoms with van der Waals surface area (Å²) in [6, 6.07) is 1.37. The lowest BCUT2D eigenvalue weighted by atomic mass is 10.4. The Bertz CT molecular complexity index is 157. The summed E-state index contributed by atoms with van der Waals surface area (Å²) >= 11 is 0. The van der Waals surface area contributed by atoms with Crippen molar-refractivity contribution >= 4 is 5.97 Å². The van der Waals surface area contributed by atoms with Crippen molar-refractivity contribution in [1.82, 2.24) is 0 Å². The summed E-state index contributed by atoms with van der Waals surface area (Å²) in [5.74, 6) is -1.26. The summed E-state index contributed by atoms with van der Waals surface area (Å²) in [6.07, 6.45) is 0. The summed E-state index contributed by atoms with van der Waals surface area (Å²) in [6.45, 7) is 4.84. The Balaban J connectivity index is 0. The van der Waals surface area contributed by atoms with E-state index in [1.165, 1.54) is 6.07 Å². The Morgan fingerprint density at radius 3 is 2.10 bits per heavy atom. The van der Waals surface area contributed by atoms with Gasteiger partial charge in [-0.05, 0) is 6.92 Å². The van der Waals surface area contributed by atoms with Crippen molar-refractivity contribution < 1.29 is 15.0 Å². The van der Waals surface area contributed by atoms with E-state index in [1.807, 2.05) is 0 Å². The predicted octanol–water partition coefficient (Wildman–Crippen LogP) is 0.149. The van der Waals surface area contributed by atoms with Gasteiger partial charge in [-0.3, -0.25) is 0 Å². The van der Waals surface area contributed by atoms with Gasteiger partial charge in [-0.2, -0.15) is 5.26 Å². The van der Waals surface area contributed by atoms with Crippen LogP contribution in [0.1, 0.15) is 6.92 Å². The van der Waals surface area contributed by atoms with Crippen LogP contribution in [0.15, 0.2) is 12.2 Å². The number of aliphatic hydroxyl groups is 1. The van der Waals surface area contributed by atoms with Gasteiger partial charge in [-0.1, -0.05) is 6.58 Å². The maximum atomic E-state index is 9.61. The molecule has 0 aliphatic heterocycles. The monoisotopic (exact) mass is 143 g/mol. The zero-order valence-electron chi connectivity index (χ0n) is 5.66. The summed E-state index contributed by atoms with van der Waals surface area (Å²) in [7, 11) is 0. The third-order valence-electron chi connectivity index (χ3n) is 0.393. The van der Waals surface area contributed by atoms with Crippen LogP contribution >= 0.6 is 0 Å². The van der Waals surface area contributed by atoms with Crippen LogP contribution < -0.4 is 0 Å². The molecule has 0 bridgehead atoms. The number of rotatable bonds is 1. The largest absolute Gasteiger partial charge is 0.477 e. The Hall–Kier alpha value is -1.34. The maximum absolute atomic E-state index is 9.61. The van der Waals surface area contributed by atoms with Crippen molar-refractivity contribution in [2.75, 3.05) is 6.61 Å². The Morgan fingerprint density at radius 2 is 2.10 bits per heavy atom. The summed E-state index contributed by atoms with van der Waals surface area (Å²) in [4.78, 5) is 9.61. The first-order valence-corrected chi connectivity index (χ1v) is 2.53. The number of aliphatic hydroxyl groups excluding tert-OH is 1. The van der Waals surface area contributed by atoms with Crippen molar-refractivity contribution in [2.24, 2.45) is 0 Å². The van der Waals surface area contributed by atoms with Crippen LogP contribution in [-0.4, -0.2) is 22.8 Å². The molecule has 0 unspecified atom stereocenters. The Labute approximate surface area is 59.0 Å². The molecule has 0 aromatic rings. The van der Waals surface area contributed by atoms with E-state index in [2.05, 4.69) is 6.58 Å². The zero-order chi connectivity index (χ0) is 8.57. The van der Waals surface area contributed by atoms with E-state index in [0.717, 1.165) is 0 Å². The molecule has 0 aliphatic rings. The van der Waals surface area contributed by atoms with Gasteiger partial charge in [-0.25, -0.2) is 4.79 Å². The number of carbonyl (C=O) groups is 1. The van der Waals surface area contributed by atoms with Gasteiger partial charge in [0.2, 0.25) is 0 Å². The van der Waals surface area contributed by atoms with Gasteiger partial charge in [0.05, 0.1) is 0 Å². The van der Waals surface area contributed by atoms with E-state index in [1.54, 1.807) is 6.92 Å². The highest BCUT2D eigenvalue weighted by Gasteiger charge is 1.97. The number of carboxylic acid groups (broad SMARTS) is 1. The van der Waals surface area contributed by atoms with E-state index >= 15 is 0 Å². The average Bonchev–Trinajstić information content (AvgIpc) is 1.88. The highest BCUT2D eigenvalue weighted by Crippen LogP contribution is 1.81. The third kappa shape index (κ3) is 9.83. The second-order valence-corrected chi connectivity index (χ2v) is 1.21. The highest BCUT2D eigenvalue weighted by atomic mass is 16.4. The minimum atomic E-state index is -1.26. The molecule has 0 aromatic carbocycles. The van der Waals surface area contributed by atoms with Gasteiger partial charge in [0.1, 0.15) is 11.6 Å². The molecule has 56 valence electrons. The second kappa shape index (κ2) is 7.66. The molecule has 0 aromatic heterocycles. The van der Waals surface area contributed by atoms with Crippen molar-refractivity contribution in [3.8, 4) is 6.07 Å². The van der Waals surface area contributed by atoms with E-state index in [4.69, 9.17) is 15.5 Å². The van der Waals surface area contributed by atoms with Crippen molar-refractivity contribution in [3.63, 3.8) is 0 Å². The van der Waals surface area contributed by atoms with Crippen LogP contribution in [0.2, 0.25) is 0 Å². The maximum Gasteiger partial charge on any atom is 0.345 e. The molecule has 0 amide bonds. The molecule has 0 aliphatic carbocycles. The van der Waals surface area contributed by atoms with Crippen LogP contribution in [0.25, 0.3) is 0 Å². The van der Waals surface area contributed by atoms with Crippen LogP contribution in [0.5, 0.6) is 0 Å². The minimum Gasteiger partial charge on any atom is -0.477 e. The molecule has 4 heteroatoms. The van der Waals surface area contributed by atoms with Crippen LogP contribution in [-0.2, 0) is 4.79 Å². The molecular formula is C6H9NO3. The molecule has 0 saturated carbocycles. The molecule has 0 saturated heterocycles. The van der Waals surface area contributed by atoms with Gasteiger partial charge >= 0.3 is 5.97 Å². The molecule has 4 nitrogen and oxygen atoms in total. The lowest BCUT2D eigenvalue weighted by Gasteiger charge is -1.76. The molecule has 10 heavy (non-hydrogen) atoms. The predicted molar refractivity (Wildman–Crippen MR) is 35.1 cm³/mol. The van der Waals surface area contributed by atoms with Crippen molar-refractivity contribution in [2.45, 2.75) is 6.92 Å². The fourth-order valence-electron chi connectivity index (χ4n) is 0.0478. The molecule has 0 rings (SSSR count). The number of hydrogen-bond donors (Lipinski definition) is 2. The summed E-state index contributed by atoms with van der Waals surface area (Å²) < 4.78 is 0. The SMILES string of the molecule is C=C(C#N)C(=O)O.CCO. The van der Waals surface area contributed by atoms with Crippen LogP contribution in [0, 0.1) is 11.3 Å². The van der Waals surface area contributed by atoms with E-state index in [0.29, 0.717) is 0 Å². The number of nitrogens with zero attached hydrogens (tertiary/aromatic N) is 1. The summed E-state index contributed by atoms with van der Waals surface area (Å²) in [5.41, 5.74) is -0.431. The fourth-order valence-corrected chi connectivity index (χ4v) is 0.0478. The van der Waals surface area contributed by atoms with Crippen molar-refractivity contribution in [1.29, 1.82) is 5.26 Å².